The molecule has 0 aliphatic carbocycles. The minimum atomic E-state index is -0.762. The fourth-order valence-electron chi connectivity index (χ4n) is 9.63. The van der Waals surface area contributed by atoms with Crippen molar-refractivity contribution in [1.82, 2.24) is 0 Å². The maximum atomic E-state index is 12.9. The van der Waals surface area contributed by atoms with E-state index in [1.807, 2.05) is 0 Å². The van der Waals surface area contributed by atoms with Gasteiger partial charge < -0.3 is 14.2 Å². The van der Waals surface area contributed by atoms with Crippen molar-refractivity contribution in [2.75, 3.05) is 13.2 Å². The summed E-state index contributed by atoms with van der Waals surface area (Å²) in [4.78, 5) is 38.2. The molecule has 0 spiro atoms. The van der Waals surface area contributed by atoms with Crippen LogP contribution in [-0.2, 0) is 28.6 Å². The Bertz CT molecular complexity index is 1030. The van der Waals surface area contributed by atoms with Crippen LogP contribution in [-0.4, -0.2) is 37.2 Å². The van der Waals surface area contributed by atoms with Gasteiger partial charge in [0.2, 0.25) is 0 Å². The van der Waals surface area contributed by atoms with Crippen LogP contribution in [0.1, 0.15) is 355 Å². The van der Waals surface area contributed by atoms with E-state index in [-0.39, 0.29) is 31.1 Å². The molecule has 0 rings (SSSR count). The number of carbonyl (C=O) groups excluding carboxylic acids is 3. The fraction of sp³-hybridized carbons (Fsp3) is 0.952. The summed E-state index contributed by atoms with van der Waals surface area (Å²) in [6.07, 6.45) is 62.4. The van der Waals surface area contributed by atoms with Gasteiger partial charge in [-0.2, -0.15) is 0 Å². The summed E-state index contributed by atoms with van der Waals surface area (Å²) in [7, 11) is 0. The van der Waals surface area contributed by atoms with Gasteiger partial charge >= 0.3 is 17.9 Å². The maximum absolute atomic E-state index is 12.9. The molecule has 6 nitrogen and oxygen atoms in total. The molecule has 0 aliphatic heterocycles. The van der Waals surface area contributed by atoms with Crippen LogP contribution in [0.15, 0.2) is 0 Å². The zero-order chi connectivity index (χ0) is 49.5. The molecule has 0 aromatic heterocycles. The molecule has 0 amide bonds. The average molecular weight is 962 g/mol. The van der Waals surface area contributed by atoms with Crippen molar-refractivity contribution in [3.8, 4) is 0 Å². The van der Waals surface area contributed by atoms with E-state index in [0.29, 0.717) is 19.3 Å². The maximum Gasteiger partial charge on any atom is 0.306 e. The van der Waals surface area contributed by atoms with Gasteiger partial charge in [-0.05, 0) is 25.2 Å². The van der Waals surface area contributed by atoms with Crippen molar-refractivity contribution >= 4 is 17.9 Å². The van der Waals surface area contributed by atoms with E-state index >= 15 is 0 Å². The number of rotatable bonds is 57. The van der Waals surface area contributed by atoms with Crippen LogP contribution >= 0.6 is 0 Å². The lowest BCUT2D eigenvalue weighted by molar-refractivity contribution is -0.167. The molecule has 1 atom stereocenters. The Kier molecular flexibility index (Phi) is 55.0. The molecule has 0 aliphatic rings. The van der Waals surface area contributed by atoms with Gasteiger partial charge in [0.25, 0.3) is 0 Å². The third kappa shape index (κ3) is 55.3. The van der Waals surface area contributed by atoms with Gasteiger partial charge in [-0.3, -0.25) is 14.4 Å². The largest absolute Gasteiger partial charge is 0.462 e. The minimum absolute atomic E-state index is 0.0613. The topological polar surface area (TPSA) is 78.9 Å². The summed E-state index contributed by atoms with van der Waals surface area (Å²) in [5, 5.41) is 0. The predicted molar refractivity (Wildman–Crippen MR) is 293 cm³/mol. The summed E-state index contributed by atoms with van der Waals surface area (Å²) in [6, 6.07) is 0. The van der Waals surface area contributed by atoms with E-state index in [0.717, 1.165) is 63.7 Å². The van der Waals surface area contributed by atoms with Gasteiger partial charge in [0, 0.05) is 19.3 Å². The van der Waals surface area contributed by atoms with Gasteiger partial charge in [0.15, 0.2) is 6.10 Å². The highest BCUT2D eigenvalue weighted by Crippen LogP contribution is 2.18. The normalized spacial score (nSPS) is 12.0. The monoisotopic (exact) mass is 961 g/mol. The number of ether oxygens (including phenoxy) is 3. The molecule has 0 bridgehead atoms. The first-order chi connectivity index (χ1) is 33.4. The Hall–Kier alpha value is -1.59. The summed E-state index contributed by atoms with van der Waals surface area (Å²) in [6.45, 7) is 9.09. The SMILES string of the molecule is CCCCCCCCCCCCCCCCCCCC(=O)O[C@H](COC(=O)CCCCCCCCCCCCCCCCC)COC(=O)CCCCCCCCCCCCCCCCCC(C)C. The second kappa shape index (κ2) is 56.3. The molecule has 0 saturated heterocycles. The highest BCUT2D eigenvalue weighted by molar-refractivity contribution is 5.71. The zero-order valence-electron chi connectivity index (χ0n) is 46.6. The van der Waals surface area contributed by atoms with E-state index in [4.69, 9.17) is 14.2 Å². The summed E-state index contributed by atoms with van der Waals surface area (Å²) in [5.74, 6) is 0.0198. The van der Waals surface area contributed by atoms with Crippen LogP contribution < -0.4 is 0 Å². The molecule has 0 N–H and O–H groups in total. The van der Waals surface area contributed by atoms with Crippen LogP contribution in [0.5, 0.6) is 0 Å². The molecular formula is C62H120O6. The first-order valence-corrected chi connectivity index (χ1v) is 30.9. The van der Waals surface area contributed by atoms with Gasteiger partial charge in [0.1, 0.15) is 13.2 Å². The zero-order valence-corrected chi connectivity index (χ0v) is 46.6. The molecule has 0 aromatic rings. The highest BCUT2D eigenvalue weighted by atomic mass is 16.6. The second-order valence-electron chi connectivity index (χ2n) is 21.8. The van der Waals surface area contributed by atoms with Crippen LogP contribution in [0.2, 0.25) is 0 Å². The van der Waals surface area contributed by atoms with Gasteiger partial charge in [-0.25, -0.2) is 0 Å². The van der Waals surface area contributed by atoms with Gasteiger partial charge in [-0.1, -0.05) is 317 Å². The number of hydrogen-bond acceptors (Lipinski definition) is 6. The van der Waals surface area contributed by atoms with Crippen LogP contribution in [0, 0.1) is 5.92 Å². The lowest BCUT2D eigenvalue weighted by atomic mass is 10.0. The van der Waals surface area contributed by atoms with E-state index in [1.54, 1.807) is 0 Å². The third-order valence-corrected chi connectivity index (χ3v) is 14.3. The first-order valence-electron chi connectivity index (χ1n) is 30.9. The van der Waals surface area contributed by atoms with Crippen molar-refractivity contribution < 1.29 is 28.6 Å². The lowest BCUT2D eigenvalue weighted by Gasteiger charge is -2.18. The van der Waals surface area contributed by atoms with Crippen molar-refractivity contribution in [2.24, 2.45) is 5.92 Å². The van der Waals surface area contributed by atoms with Gasteiger partial charge in [-0.15, -0.1) is 0 Å². The Balaban J connectivity index is 4.29. The standard InChI is InChI=1S/C62H120O6/c1-5-7-9-11-13-15-17-19-21-22-26-31-35-39-43-47-51-55-62(65)68-59(56-66-60(63)53-49-45-41-37-33-29-24-20-18-16-14-12-10-8-6-2)57-67-61(64)54-50-46-42-38-34-30-27-23-25-28-32-36-40-44-48-52-58(3)4/h58-59H,5-57H2,1-4H3/t59-/m1/s1. The molecule has 0 fully saturated rings. The average Bonchev–Trinajstić information content (AvgIpc) is 3.32. The molecular weight excluding hydrogens is 841 g/mol. The van der Waals surface area contributed by atoms with E-state index < -0.39 is 6.10 Å². The third-order valence-electron chi connectivity index (χ3n) is 14.3. The van der Waals surface area contributed by atoms with Gasteiger partial charge in [0.05, 0.1) is 0 Å². The number of carbonyl (C=O) groups is 3. The Morgan fingerprint density at radius 1 is 0.279 bits per heavy atom. The Labute approximate surface area is 425 Å². The van der Waals surface area contributed by atoms with E-state index in [9.17, 15) is 14.4 Å². The first kappa shape index (κ1) is 66.4. The summed E-state index contributed by atoms with van der Waals surface area (Å²) >= 11 is 0. The molecule has 0 unspecified atom stereocenters. The number of unbranched alkanes of at least 4 members (excludes halogenated alkanes) is 44. The van der Waals surface area contributed by atoms with E-state index in [2.05, 4.69) is 27.7 Å². The highest BCUT2D eigenvalue weighted by Gasteiger charge is 2.19. The van der Waals surface area contributed by atoms with Crippen molar-refractivity contribution in [1.29, 1.82) is 0 Å². The Morgan fingerprint density at radius 2 is 0.485 bits per heavy atom. The minimum Gasteiger partial charge on any atom is -0.462 e. The number of esters is 3. The smallest absolute Gasteiger partial charge is 0.306 e. The quantitative estimate of drug-likeness (QED) is 0.0343. The molecule has 0 saturated carbocycles. The van der Waals surface area contributed by atoms with E-state index in [1.165, 1.54) is 250 Å². The van der Waals surface area contributed by atoms with Crippen LogP contribution in [0.25, 0.3) is 0 Å². The molecule has 0 aromatic carbocycles. The van der Waals surface area contributed by atoms with Crippen molar-refractivity contribution in [3.05, 3.63) is 0 Å². The summed E-state index contributed by atoms with van der Waals surface area (Å²) in [5.41, 5.74) is 0. The number of hydrogen-bond donors (Lipinski definition) is 0. The molecule has 6 heteroatoms. The molecule has 0 heterocycles. The molecule has 404 valence electrons. The van der Waals surface area contributed by atoms with Crippen LogP contribution in [0.3, 0.4) is 0 Å². The summed E-state index contributed by atoms with van der Waals surface area (Å²) < 4.78 is 16.9. The molecule has 68 heavy (non-hydrogen) atoms. The van der Waals surface area contributed by atoms with Crippen molar-refractivity contribution in [3.63, 3.8) is 0 Å². The molecule has 0 radical (unpaired) electrons. The second-order valence-corrected chi connectivity index (χ2v) is 21.8. The Morgan fingerprint density at radius 3 is 0.721 bits per heavy atom. The van der Waals surface area contributed by atoms with Crippen molar-refractivity contribution in [2.45, 2.75) is 361 Å². The lowest BCUT2D eigenvalue weighted by Crippen LogP contribution is -2.30. The predicted octanol–water partition coefficient (Wildman–Crippen LogP) is 20.6. The van der Waals surface area contributed by atoms with Crippen LogP contribution in [0.4, 0.5) is 0 Å². The fourth-order valence-corrected chi connectivity index (χ4v) is 9.63.